The van der Waals surface area contributed by atoms with E-state index in [-0.39, 0.29) is 46.4 Å². The number of ketones is 2. The van der Waals surface area contributed by atoms with Crippen molar-refractivity contribution in [2.45, 2.75) is 58.3 Å². The molecule has 7 rings (SSSR count). The zero-order valence-electron chi connectivity index (χ0n) is 23.7. The molecule has 0 spiro atoms. The van der Waals surface area contributed by atoms with Crippen LogP contribution >= 0.6 is 0 Å². The highest BCUT2D eigenvalue weighted by atomic mass is 16.5. The van der Waals surface area contributed by atoms with Crippen LogP contribution in [-0.4, -0.2) is 40.8 Å². The molecular formula is C34H32N2O6. The lowest BCUT2D eigenvalue weighted by atomic mass is 9.68. The Morgan fingerprint density at radius 2 is 1.52 bits per heavy atom. The van der Waals surface area contributed by atoms with Crippen molar-refractivity contribution in [1.29, 1.82) is 0 Å². The van der Waals surface area contributed by atoms with Crippen molar-refractivity contribution in [3.8, 4) is 5.75 Å². The summed E-state index contributed by atoms with van der Waals surface area (Å²) in [7, 11) is 0. The van der Waals surface area contributed by atoms with Gasteiger partial charge in [0.05, 0.1) is 17.5 Å². The van der Waals surface area contributed by atoms with Crippen molar-refractivity contribution in [2.24, 2.45) is 17.3 Å². The number of hydrogen-bond donors (Lipinski definition) is 1. The monoisotopic (exact) mass is 564 g/mol. The molecule has 0 bridgehead atoms. The highest BCUT2D eigenvalue weighted by molar-refractivity contribution is 6.23. The minimum Gasteiger partial charge on any atom is -0.425 e. The lowest BCUT2D eigenvalue weighted by Crippen LogP contribution is -2.37. The molecule has 1 saturated heterocycles. The number of imide groups is 1. The van der Waals surface area contributed by atoms with E-state index in [1.54, 1.807) is 24.3 Å². The molecule has 2 aromatic rings. The van der Waals surface area contributed by atoms with E-state index in [2.05, 4.69) is 19.2 Å². The first kappa shape index (κ1) is 26.6. The largest absolute Gasteiger partial charge is 0.425 e. The summed E-state index contributed by atoms with van der Waals surface area (Å²) in [5.41, 5.74) is 4.76. The third kappa shape index (κ3) is 4.15. The average Bonchev–Trinajstić information content (AvgIpc) is 3.38. The van der Waals surface area contributed by atoms with Crippen LogP contribution in [0.5, 0.6) is 5.75 Å². The third-order valence-electron chi connectivity index (χ3n) is 9.39. The summed E-state index contributed by atoms with van der Waals surface area (Å²) >= 11 is 0. The normalized spacial score (nSPS) is 26.0. The highest BCUT2D eigenvalue weighted by Crippen LogP contribution is 2.51. The number of fused-ring (bicyclic) bond motifs is 3. The fraction of sp³-hybridized carbons (Fsp3) is 0.382. The summed E-state index contributed by atoms with van der Waals surface area (Å²) < 4.78 is 5.53. The summed E-state index contributed by atoms with van der Waals surface area (Å²) in [6.07, 6.45) is 4.27. The summed E-state index contributed by atoms with van der Waals surface area (Å²) in [6.45, 7) is 3.73. The second-order valence-electron chi connectivity index (χ2n) is 12.9. The average molecular weight is 565 g/mol. The first-order chi connectivity index (χ1) is 20.1. The van der Waals surface area contributed by atoms with E-state index in [1.165, 1.54) is 0 Å². The number of rotatable bonds is 4. The van der Waals surface area contributed by atoms with Gasteiger partial charge in [-0.2, -0.15) is 0 Å². The lowest BCUT2D eigenvalue weighted by molar-refractivity contribution is -0.148. The van der Waals surface area contributed by atoms with Crippen LogP contribution in [0.3, 0.4) is 0 Å². The van der Waals surface area contributed by atoms with E-state index < -0.39 is 18.4 Å². The Labute approximate surface area is 243 Å². The molecule has 2 aliphatic heterocycles. The predicted molar refractivity (Wildman–Crippen MR) is 153 cm³/mol. The molecule has 8 nitrogen and oxygen atoms in total. The van der Waals surface area contributed by atoms with Gasteiger partial charge in [-0.3, -0.25) is 24.1 Å². The minimum absolute atomic E-state index is 0.0186. The van der Waals surface area contributed by atoms with Crippen molar-refractivity contribution in [1.82, 2.24) is 10.2 Å². The Kier molecular flexibility index (Phi) is 6.08. The standard InChI is InChI=1S/C34H32N2O6/c1-34(2)15-24-28(25(37)16-34)27(29-30(35-24)20-7-3-4-8-21(20)31(29)39)18-11-13-19(14-12-18)42-26(38)17-36-32(40)22-9-5-6-10-23(22)33(36)41/h3-4,7-8,11-14,22-23,27,35H,5-6,9-10,15-17H2,1-2H3/t22-,23-,27-/m1/s1. The second-order valence-corrected chi connectivity index (χ2v) is 12.9. The molecule has 2 fully saturated rings. The van der Waals surface area contributed by atoms with E-state index in [1.807, 2.05) is 24.3 Å². The van der Waals surface area contributed by atoms with Crippen molar-refractivity contribution >= 4 is 35.0 Å². The summed E-state index contributed by atoms with van der Waals surface area (Å²) in [5, 5.41) is 3.48. The number of esters is 1. The predicted octanol–water partition coefficient (Wildman–Crippen LogP) is 4.70. The van der Waals surface area contributed by atoms with Crippen LogP contribution in [0.4, 0.5) is 0 Å². The Bertz CT molecular complexity index is 1620. The van der Waals surface area contributed by atoms with Gasteiger partial charge in [-0.25, -0.2) is 4.79 Å². The molecule has 1 saturated carbocycles. The maximum absolute atomic E-state index is 13.7. The van der Waals surface area contributed by atoms with Crippen LogP contribution in [0, 0.1) is 17.3 Å². The molecule has 0 unspecified atom stereocenters. The number of Topliss-reactive ketones (excluding diaryl/α,β-unsaturated/α-hetero) is 2. The molecule has 2 amide bonds. The van der Waals surface area contributed by atoms with Crippen LogP contribution in [-0.2, 0) is 19.2 Å². The van der Waals surface area contributed by atoms with Gasteiger partial charge in [-0.1, -0.05) is 63.1 Å². The van der Waals surface area contributed by atoms with Gasteiger partial charge in [-0.05, 0) is 42.4 Å². The molecular weight excluding hydrogens is 532 g/mol. The quantitative estimate of drug-likeness (QED) is 0.326. The number of carbonyl (C=O) groups excluding carboxylic acids is 5. The number of nitrogens with zero attached hydrogens (tertiary/aromatic N) is 1. The van der Waals surface area contributed by atoms with Gasteiger partial charge in [0.2, 0.25) is 11.8 Å². The zero-order chi connectivity index (χ0) is 29.3. The van der Waals surface area contributed by atoms with E-state index >= 15 is 0 Å². The Morgan fingerprint density at radius 1 is 0.881 bits per heavy atom. The van der Waals surface area contributed by atoms with E-state index in [4.69, 9.17) is 4.74 Å². The lowest BCUT2D eigenvalue weighted by Gasteiger charge is -2.39. The SMILES string of the molecule is CC1(C)CC(=O)C2=C(C1)NC1=C(C(=O)c3ccccc31)[C@@H]2c1ccc(OC(=O)CN2C(=O)[C@@H]3CCCC[C@H]3C2=O)cc1. The summed E-state index contributed by atoms with van der Waals surface area (Å²) in [6, 6.07) is 14.3. The maximum Gasteiger partial charge on any atom is 0.331 e. The summed E-state index contributed by atoms with van der Waals surface area (Å²) in [5.74, 6) is -2.26. The first-order valence-corrected chi connectivity index (χ1v) is 14.7. The molecule has 3 aliphatic carbocycles. The molecule has 0 aromatic heterocycles. The van der Waals surface area contributed by atoms with Crippen molar-refractivity contribution in [3.63, 3.8) is 0 Å². The summed E-state index contributed by atoms with van der Waals surface area (Å²) in [4.78, 5) is 66.6. The van der Waals surface area contributed by atoms with E-state index in [0.717, 1.165) is 40.3 Å². The second kappa shape index (κ2) is 9.61. The van der Waals surface area contributed by atoms with Gasteiger partial charge in [0.25, 0.3) is 0 Å². The van der Waals surface area contributed by atoms with Crippen LogP contribution in [0.2, 0.25) is 0 Å². The number of allylic oxidation sites excluding steroid dienone is 3. The van der Waals surface area contributed by atoms with Gasteiger partial charge >= 0.3 is 5.97 Å². The molecule has 42 heavy (non-hydrogen) atoms. The molecule has 8 heteroatoms. The smallest absolute Gasteiger partial charge is 0.331 e. The van der Waals surface area contributed by atoms with Crippen molar-refractivity contribution in [2.75, 3.05) is 6.54 Å². The number of hydrogen-bond acceptors (Lipinski definition) is 7. The van der Waals surface area contributed by atoms with Gasteiger partial charge < -0.3 is 10.1 Å². The Hall–Kier alpha value is -4.33. The Balaban J connectivity index is 1.16. The van der Waals surface area contributed by atoms with Crippen LogP contribution in [0.1, 0.15) is 79.8 Å². The maximum atomic E-state index is 13.7. The zero-order valence-corrected chi connectivity index (χ0v) is 23.7. The number of amides is 2. The van der Waals surface area contributed by atoms with Crippen LogP contribution < -0.4 is 10.1 Å². The molecule has 3 atom stereocenters. The van der Waals surface area contributed by atoms with Crippen LogP contribution in [0.25, 0.3) is 5.70 Å². The van der Waals surface area contributed by atoms with Gasteiger partial charge in [0, 0.05) is 40.3 Å². The first-order valence-electron chi connectivity index (χ1n) is 14.7. The fourth-order valence-corrected chi connectivity index (χ4v) is 7.53. The van der Waals surface area contributed by atoms with E-state index in [0.29, 0.717) is 42.4 Å². The van der Waals surface area contributed by atoms with Gasteiger partial charge in [0.1, 0.15) is 12.3 Å². The molecule has 5 aliphatic rings. The molecule has 0 radical (unpaired) electrons. The van der Waals surface area contributed by atoms with Gasteiger partial charge in [-0.15, -0.1) is 0 Å². The number of likely N-dealkylation sites (tertiary alicyclic amines) is 1. The van der Waals surface area contributed by atoms with Crippen molar-refractivity contribution < 1.29 is 28.7 Å². The van der Waals surface area contributed by atoms with Crippen molar-refractivity contribution in [3.05, 3.63) is 82.1 Å². The highest BCUT2D eigenvalue weighted by Gasteiger charge is 2.49. The molecule has 1 N–H and O–H groups in total. The Morgan fingerprint density at radius 3 is 2.19 bits per heavy atom. The number of benzene rings is 2. The fourth-order valence-electron chi connectivity index (χ4n) is 7.53. The number of nitrogens with one attached hydrogen (secondary N) is 1. The number of ether oxygens (including phenoxy) is 1. The van der Waals surface area contributed by atoms with Crippen LogP contribution in [0.15, 0.2) is 65.4 Å². The topological polar surface area (TPSA) is 110 Å². The molecule has 214 valence electrons. The number of carbonyl (C=O) groups is 5. The van der Waals surface area contributed by atoms with E-state index in [9.17, 15) is 24.0 Å². The number of dihydropyridines is 1. The molecule has 2 heterocycles. The third-order valence-corrected chi connectivity index (χ3v) is 9.39. The molecule has 2 aromatic carbocycles. The minimum atomic E-state index is -0.689. The van der Waals surface area contributed by atoms with Gasteiger partial charge in [0.15, 0.2) is 11.6 Å².